The molecule has 1 N–H and O–H groups in total. The van der Waals surface area contributed by atoms with Crippen LogP contribution in [0.4, 0.5) is 5.82 Å². The molecule has 1 heterocycles. The predicted octanol–water partition coefficient (Wildman–Crippen LogP) is 4.24. The maximum Gasteiger partial charge on any atom is 0.131 e. The number of hydrogen-bond acceptors (Lipinski definition) is 3. The van der Waals surface area contributed by atoms with Gasteiger partial charge in [-0.3, -0.25) is 0 Å². The van der Waals surface area contributed by atoms with Gasteiger partial charge < -0.3 is 5.32 Å². The molecule has 0 amide bonds. The number of halogens is 2. The third-order valence-corrected chi connectivity index (χ3v) is 5.98. The molecule has 0 fully saturated rings. The lowest BCUT2D eigenvalue weighted by Crippen LogP contribution is -2.01. The Hall–Kier alpha value is 0.500. The number of aromatic nitrogens is 1. The minimum Gasteiger partial charge on any atom is -0.335 e. The third-order valence-electron chi connectivity index (χ3n) is 1.74. The predicted molar refractivity (Wildman–Crippen MR) is 86.2 cm³/mol. The van der Waals surface area contributed by atoms with Gasteiger partial charge in [0.2, 0.25) is 0 Å². The Morgan fingerprint density at radius 3 is 3.00 bits per heavy atom. The number of nitrogens with one attached hydrogen (secondary N) is 1. The van der Waals surface area contributed by atoms with Gasteiger partial charge in [-0.25, -0.2) is 4.98 Å². The lowest BCUT2D eigenvalue weighted by atomic mass is 10.3. The van der Waals surface area contributed by atoms with Gasteiger partial charge in [-0.1, -0.05) is 57.8 Å². The highest BCUT2D eigenvalue weighted by atomic mass is 127. The molecule has 0 spiro atoms. The summed E-state index contributed by atoms with van der Waals surface area (Å²) in [4.78, 5) is 4.53. The number of pyridine rings is 1. The molecule has 1 rings (SSSR count). The van der Waals surface area contributed by atoms with Crippen LogP contribution in [0.2, 0.25) is 0 Å². The van der Waals surface area contributed by atoms with Gasteiger partial charge in [0.05, 0.1) is 14.6 Å². The van der Waals surface area contributed by atoms with Gasteiger partial charge >= 0.3 is 0 Å². The van der Waals surface area contributed by atoms with Crippen LogP contribution in [0.5, 0.6) is 0 Å². The van der Waals surface area contributed by atoms with Gasteiger partial charge in [0.1, 0.15) is 5.82 Å². The highest BCUT2D eigenvalue weighted by molar-refractivity contribution is 14.1. The summed E-state index contributed by atoms with van der Waals surface area (Å²) < 4.78 is 1.53. The fourth-order valence-electron chi connectivity index (χ4n) is 0.968. The van der Waals surface area contributed by atoms with E-state index < -0.39 is 0 Å². The number of rotatable bonds is 5. The molecule has 0 aromatic carbocycles. The Labute approximate surface area is 122 Å². The average Bonchev–Trinajstić information content (AvgIpc) is 2.28. The van der Waals surface area contributed by atoms with Gasteiger partial charge in [0.25, 0.3) is 0 Å². The maximum atomic E-state index is 4.53. The minimum atomic E-state index is 0.465. The van der Waals surface area contributed by atoms with Gasteiger partial charge in [-0.05, 0) is 18.4 Å². The topological polar surface area (TPSA) is 24.9 Å². The van der Waals surface area contributed by atoms with Crippen molar-refractivity contribution in [2.75, 3.05) is 16.0 Å². The molecule has 82 valence electrons. The van der Waals surface area contributed by atoms with E-state index in [1.165, 1.54) is 0 Å². The maximum absolute atomic E-state index is 4.53. The van der Waals surface area contributed by atoms with Crippen LogP contribution in [0.3, 0.4) is 0 Å². The van der Waals surface area contributed by atoms with Crippen LogP contribution < -0.4 is 5.32 Å². The van der Waals surface area contributed by atoms with Crippen LogP contribution in [0, 0.1) is 0 Å². The number of nitrogens with zero attached hydrogens (tertiary/aromatic N) is 1. The molecule has 0 saturated heterocycles. The number of hydrogen-bond donors (Lipinski definition) is 1. The second kappa shape index (κ2) is 6.95. The summed E-state index contributed by atoms with van der Waals surface area (Å²) in [7, 11) is 0. The standard InChI is InChI=1S/C10H12I2N2S/c1-7(15-2)13-10-5-3-4-9(14-10)8(12)6-11/h3-5,8H,1,6H2,2H3,(H,13,14). The van der Waals surface area contributed by atoms with E-state index >= 15 is 0 Å². The SMILES string of the molecule is C=C(Nc1cccc(C(I)CI)n1)SC. The molecule has 5 heteroatoms. The fraction of sp³-hybridized carbons (Fsp3) is 0.300. The van der Waals surface area contributed by atoms with Gasteiger partial charge in [-0.2, -0.15) is 0 Å². The second-order valence-electron chi connectivity index (χ2n) is 2.82. The summed E-state index contributed by atoms with van der Waals surface area (Å²) in [6, 6.07) is 6.04. The molecule has 0 aliphatic heterocycles. The van der Waals surface area contributed by atoms with Gasteiger partial charge in [0.15, 0.2) is 0 Å². The second-order valence-corrected chi connectivity index (χ2v) is 6.11. The minimum absolute atomic E-state index is 0.465. The van der Waals surface area contributed by atoms with Gasteiger partial charge in [0, 0.05) is 4.43 Å². The van der Waals surface area contributed by atoms with Crippen molar-refractivity contribution >= 4 is 62.8 Å². The van der Waals surface area contributed by atoms with Crippen molar-refractivity contribution in [3.8, 4) is 0 Å². The van der Waals surface area contributed by atoms with E-state index in [1.807, 2.05) is 18.4 Å². The first kappa shape index (κ1) is 13.6. The monoisotopic (exact) mass is 446 g/mol. The Bertz CT molecular complexity index is 344. The van der Waals surface area contributed by atoms with E-state index in [1.54, 1.807) is 11.8 Å². The molecule has 0 bridgehead atoms. The number of anilines is 1. The first-order valence-electron chi connectivity index (χ1n) is 4.34. The van der Waals surface area contributed by atoms with E-state index in [2.05, 4.69) is 68.1 Å². The van der Waals surface area contributed by atoms with Crippen LogP contribution >= 0.6 is 56.9 Å². The number of thioether (sulfide) groups is 1. The quantitative estimate of drug-likeness (QED) is 0.542. The summed E-state index contributed by atoms with van der Waals surface area (Å²) in [6.07, 6.45) is 1.99. The van der Waals surface area contributed by atoms with Crippen molar-refractivity contribution in [1.29, 1.82) is 0 Å². The normalized spacial score (nSPS) is 12.2. The van der Waals surface area contributed by atoms with E-state index in [4.69, 9.17) is 0 Å². The average molecular weight is 446 g/mol. The zero-order valence-corrected chi connectivity index (χ0v) is 13.5. The molecule has 0 radical (unpaired) electrons. The summed E-state index contributed by atoms with van der Waals surface area (Å²) >= 11 is 6.37. The highest BCUT2D eigenvalue weighted by Crippen LogP contribution is 2.25. The Balaban J connectivity index is 2.78. The van der Waals surface area contributed by atoms with E-state index in [-0.39, 0.29) is 0 Å². The largest absolute Gasteiger partial charge is 0.335 e. The molecule has 1 unspecified atom stereocenters. The third kappa shape index (κ3) is 4.48. The van der Waals surface area contributed by atoms with Crippen molar-refractivity contribution in [3.05, 3.63) is 35.5 Å². The molecule has 1 aromatic heterocycles. The van der Waals surface area contributed by atoms with Crippen molar-refractivity contribution < 1.29 is 0 Å². The Morgan fingerprint density at radius 2 is 2.40 bits per heavy atom. The summed E-state index contributed by atoms with van der Waals surface area (Å²) in [5, 5.41) is 4.08. The molecular weight excluding hydrogens is 434 g/mol. The Kier molecular flexibility index (Phi) is 6.28. The zero-order chi connectivity index (χ0) is 11.3. The van der Waals surface area contributed by atoms with Crippen molar-refractivity contribution in [1.82, 2.24) is 4.98 Å². The molecule has 0 aliphatic rings. The van der Waals surface area contributed by atoms with Crippen LogP contribution in [-0.2, 0) is 0 Å². The lowest BCUT2D eigenvalue weighted by molar-refractivity contribution is 1.07. The van der Waals surface area contributed by atoms with Gasteiger partial charge in [-0.15, -0.1) is 11.8 Å². The summed E-state index contributed by atoms with van der Waals surface area (Å²) in [5.41, 5.74) is 1.11. The molecular formula is C10H12I2N2S. The molecule has 0 saturated carbocycles. The van der Waals surface area contributed by atoms with Crippen molar-refractivity contribution in [2.24, 2.45) is 0 Å². The lowest BCUT2D eigenvalue weighted by Gasteiger charge is -2.09. The first-order valence-corrected chi connectivity index (χ1v) is 8.34. The zero-order valence-electron chi connectivity index (χ0n) is 8.34. The van der Waals surface area contributed by atoms with Crippen LogP contribution in [0.15, 0.2) is 29.8 Å². The molecule has 1 aromatic rings. The highest BCUT2D eigenvalue weighted by Gasteiger charge is 2.07. The van der Waals surface area contributed by atoms with E-state index in [0.717, 1.165) is 21.0 Å². The number of alkyl halides is 2. The van der Waals surface area contributed by atoms with E-state index in [9.17, 15) is 0 Å². The first-order chi connectivity index (χ1) is 7.17. The smallest absolute Gasteiger partial charge is 0.131 e. The van der Waals surface area contributed by atoms with Crippen LogP contribution in [0.25, 0.3) is 0 Å². The van der Waals surface area contributed by atoms with E-state index in [0.29, 0.717) is 3.92 Å². The summed E-state index contributed by atoms with van der Waals surface area (Å²) in [5.74, 6) is 0.873. The molecule has 15 heavy (non-hydrogen) atoms. The van der Waals surface area contributed by atoms with Crippen LogP contribution in [-0.4, -0.2) is 15.7 Å². The molecule has 2 nitrogen and oxygen atoms in total. The summed E-state index contributed by atoms with van der Waals surface area (Å²) in [6.45, 7) is 3.87. The van der Waals surface area contributed by atoms with Crippen molar-refractivity contribution in [3.63, 3.8) is 0 Å². The van der Waals surface area contributed by atoms with Crippen molar-refractivity contribution in [2.45, 2.75) is 3.92 Å². The fourth-order valence-corrected chi connectivity index (χ4v) is 1.97. The van der Waals surface area contributed by atoms with Crippen LogP contribution in [0.1, 0.15) is 9.62 Å². The Morgan fingerprint density at radius 1 is 1.67 bits per heavy atom. The molecule has 1 atom stereocenters. The molecule has 0 aliphatic carbocycles.